The molecule has 1 N–H and O–H groups in total. The predicted molar refractivity (Wildman–Crippen MR) is 110 cm³/mol. The number of nitrogens with zero attached hydrogens (tertiary/aromatic N) is 5. The molecular weight excluding hydrogens is 388 g/mol. The molecule has 3 aromatic rings. The standard InChI is InChI=1S/C21H19ClN6O/c1-13(9-23)8-19(29)14-2-4-15(5-3-14)20-18(22)11-24-21(27-20)26-16-10-25-28(12-16)17-6-7-17/h2-5,10-13,17H,6-8H2,1H3,(H,24,26,27)/t13-/m0/s1. The van der Waals surface area contributed by atoms with Crippen molar-refractivity contribution in [3.8, 4) is 17.3 Å². The molecule has 1 atom stereocenters. The first kappa shape index (κ1) is 19.1. The van der Waals surface area contributed by atoms with Crippen LogP contribution in [-0.2, 0) is 0 Å². The van der Waals surface area contributed by atoms with Crippen LogP contribution in [-0.4, -0.2) is 25.5 Å². The van der Waals surface area contributed by atoms with Crippen molar-refractivity contribution in [2.75, 3.05) is 5.32 Å². The van der Waals surface area contributed by atoms with Crippen molar-refractivity contribution >= 4 is 29.0 Å². The number of nitrogens with one attached hydrogen (secondary N) is 1. The summed E-state index contributed by atoms with van der Waals surface area (Å²) in [5.74, 6) is 0.0496. The number of ketones is 1. The molecule has 0 bridgehead atoms. The molecule has 29 heavy (non-hydrogen) atoms. The number of benzene rings is 1. The Bertz CT molecular complexity index is 1080. The van der Waals surface area contributed by atoms with Crippen molar-refractivity contribution in [3.63, 3.8) is 0 Å². The lowest BCUT2D eigenvalue weighted by molar-refractivity contribution is 0.0973. The van der Waals surface area contributed by atoms with E-state index in [-0.39, 0.29) is 18.1 Å². The van der Waals surface area contributed by atoms with Crippen LogP contribution in [0.25, 0.3) is 11.3 Å². The summed E-state index contributed by atoms with van der Waals surface area (Å²) in [6, 6.07) is 9.64. The summed E-state index contributed by atoms with van der Waals surface area (Å²) in [7, 11) is 0. The monoisotopic (exact) mass is 406 g/mol. The van der Waals surface area contributed by atoms with E-state index in [0.717, 1.165) is 24.1 Å². The molecule has 0 saturated heterocycles. The zero-order valence-electron chi connectivity index (χ0n) is 15.8. The van der Waals surface area contributed by atoms with Crippen LogP contribution >= 0.6 is 11.6 Å². The normalized spacial score (nSPS) is 14.2. The van der Waals surface area contributed by atoms with Gasteiger partial charge in [-0.15, -0.1) is 0 Å². The minimum Gasteiger partial charge on any atom is -0.321 e. The van der Waals surface area contributed by atoms with E-state index >= 15 is 0 Å². The predicted octanol–water partition coefficient (Wildman–Crippen LogP) is 4.80. The van der Waals surface area contributed by atoms with Gasteiger partial charge in [-0.2, -0.15) is 10.4 Å². The molecule has 0 aliphatic heterocycles. The van der Waals surface area contributed by atoms with Crippen molar-refractivity contribution in [1.29, 1.82) is 5.26 Å². The number of halogens is 1. The van der Waals surface area contributed by atoms with Crippen molar-refractivity contribution in [2.45, 2.75) is 32.2 Å². The van der Waals surface area contributed by atoms with Gasteiger partial charge in [-0.05, 0) is 19.8 Å². The Morgan fingerprint density at radius 2 is 2.10 bits per heavy atom. The molecule has 2 heterocycles. The van der Waals surface area contributed by atoms with Crippen LogP contribution in [0.4, 0.5) is 11.6 Å². The molecule has 1 fully saturated rings. The molecule has 4 rings (SSSR count). The average molecular weight is 407 g/mol. The van der Waals surface area contributed by atoms with E-state index in [1.54, 1.807) is 43.6 Å². The quantitative estimate of drug-likeness (QED) is 0.566. The minimum absolute atomic E-state index is 0.0607. The van der Waals surface area contributed by atoms with Crippen LogP contribution < -0.4 is 5.32 Å². The molecule has 1 aliphatic carbocycles. The van der Waals surface area contributed by atoms with Crippen molar-refractivity contribution in [2.24, 2.45) is 5.92 Å². The van der Waals surface area contributed by atoms with Crippen LogP contribution in [0.3, 0.4) is 0 Å². The second kappa shape index (κ2) is 8.02. The van der Waals surface area contributed by atoms with E-state index in [0.29, 0.717) is 28.3 Å². The van der Waals surface area contributed by atoms with Gasteiger partial charge < -0.3 is 5.32 Å². The van der Waals surface area contributed by atoms with Gasteiger partial charge in [-0.3, -0.25) is 9.48 Å². The second-order valence-corrected chi connectivity index (χ2v) is 7.60. The van der Waals surface area contributed by atoms with Gasteiger partial charge in [0.15, 0.2) is 5.78 Å². The topological polar surface area (TPSA) is 96.5 Å². The van der Waals surface area contributed by atoms with Crippen LogP contribution in [0.15, 0.2) is 42.9 Å². The van der Waals surface area contributed by atoms with Crippen LogP contribution in [0, 0.1) is 17.2 Å². The number of aromatic nitrogens is 4. The van der Waals surface area contributed by atoms with Gasteiger partial charge in [0.25, 0.3) is 0 Å². The number of Topliss-reactive ketones (excluding diaryl/α,β-unsaturated/α-hetero) is 1. The molecule has 1 saturated carbocycles. The minimum atomic E-state index is -0.309. The maximum atomic E-state index is 12.2. The highest BCUT2D eigenvalue weighted by Crippen LogP contribution is 2.35. The first-order valence-corrected chi connectivity index (χ1v) is 9.78. The van der Waals surface area contributed by atoms with E-state index < -0.39 is 0 Å². The van der Waals surface area contributed by atoms with E-state index in [1.165, 1.54) is 0 Å². The molecule has 7 nitrogen and oxygen atoms in total. The van der Waals surface area contributed by atoms with E-state index in [9.17, 15) is 4.79 Å². The van der Waals surface area contributed by atoms with E-state index in [4.69, 9.17) is 16.9 Å². The first-order chi connectivity index (χ1) is 14.0. The third-order valence-electron chi connectivity index (χ3n) is 4.72. The lowest BCUT2D eigenvalue weighted by Gasteiger charge is -2.08. The Labute approximate surface area is 173 Å². The number of carbonyl (C=O) groups is 1. The second-order valence-electron chi connectivity index (χ2n) is 7.19. The van der Waals surface area contributed by atoms with Crippen LogP contribution in [0.5, 0.6) is 0 Å². The van der Waals surface area contributed by atoms with Crippen LogP contribution in [0.1, 0.15) is 42.6 Å². The smallest absolute Gasteiger partial charge is 0.227 e. The zero-order valence-corrected chi connectivity index (χ0v) is 16.6. The highest BCUT2D eigenvalue weighted by Gasteiger charge is 2.24. The fourth-order valence-electron chi connectivity index (χ4n) is 2.96. The maximum Gasteiger partial charge on any atom is 0.227 e. The first-order valence-electron chi connectivity index (χ1n) is 9.40. The molecule has 0 amide bonds. The molecule has 2 aromatic heterocycles. The summed E-state index contributed by atoms with van der Waals surface area (Å²) >= 11 is 6.31. The Morgan fingerprint density at radius 3 is 2.79 bits per heavy atom. The molecule has 1 aliphatic rings. The fourth-order valence-corrected chi connectivity index (χ4v) is 3.16. The number of carbonyl (C=O) groups excluding carboxylic acids is 1. The largest absolute Gasteiger partial charge is 0.321 e. The van der Waals surface area contributed by atoms with E-state index in [2.05, 4.69) is 26.5 Å². The molecule has 1 aromatic carbocycles. The van der Waals surface area contributed by atoms with Gasteiger partial charge in [0.05, 0.1) is 46.8 Å². The molecule has 146 valence electrons. The van der Waals surface area contributed by atoms with Gasteiger partial charge in [0.1, 0.15) is 0 Å². The highest BCUT2D eigenvalue weighted by atomic mass is 35.5. The lowest BCUT2D eigenvalue weighted by Crippen LogP contribution is -2.04. The van der Waals surface area contributed by atoms with Gasteiger partial charge in [-0.1, -0.05) is 35.9 Å². The van der Waals surface area contributed by atoms with E-state index in [1.807, 2.05) is 10.9 Å². The maximum absolute atomic E-state index is 12.2. The Hall–Kier alpha value is -3.24. The summed E-state index contributed by atoms with van der Waals surface area (Å²) in [6.07, 6.45) is 7.77. The van der Waals surface area contributed by atoms with Gasteiger partial charge in [0.2, 0.25) is 5.95 Å². The Balaban J connectivity index is 1.52. The number of anilines is 2. The molecule has 0 radical (unpaired) electrons. The average Bonchev–Trinajstić information content (AvgIpc) is 3.48. The van der Waals surface area contributed by atoms with Crippen molar-refractivity contribution in [3.05, 3.63) is 53.4 Å². The summed E-state index contributed by atoms with van der Waals surface area (Å²) in [5, 5.41) is 16.8. The lowest BCUT2D eigenvalue weighted by atomic mass is 9.99. The third kappa shape index (κ3) is 4.44. The molecule has 0 unspecified atom stereocenters. The number of hydrogen-bond acceptors (Lipinski definition) is 6. The third-order valence-corrected chi connectivity index (χ3v) is 4.99. The summed E-state index contributed by atoms with van der Waals surface area (Å²) in [6.45, 7) is 1.73. The van der Waals surface area contributed by atoms with Gasteiger partial charge in [0, 0.05) is 23.7 Å². The summed E-state index contributed by atoms with van der Waals surface area (Å²) < 4.78 is 1.95. The summed E-state index contributed by atoms with van der Waals surface area (Å²) in [4.78, 5) is 21.0. The number of nitriles is 1. The molecule has 8 heteroatoms. The van der Waals surface area contributed by atoms with Crippen molar-refractivity contribution < 1.29 is 4.79 Å². The zero-order chi connectivity index (χ0) is 20.4. The number of rotatable bonds is 7. The van der Waals surface area contributed by atoms with Gasteiger partial charge >= 0.3 is 0 Å². The van der Waals surface area contributed by atoms with Crippen molar-refractivity contribution in [1.82, 2.24) is 19.7 Å². The summed E-state index contributed by atoms with van der Waals surface area (Å²) in [5.41, 5.74) is 2.73. The Kier molecular flexibility index (Phi) is 5.28. The van der Waals surface area contributed by atoms with Crippen LogP contribution in [0.2, 0.25) is 5.02 Å². The molecular formula is C21H19ClN6O. The highest BCUT2D eigenvalue weighted by molar-refractivity contribution is 6.32. The SMILES string of the molecule is C[C@H](C#N)CC(=O)c1ccc(-c2nc(Nc3cnn(C4CC4)c3)ncc2Cl)cc1. The fraction of sp³-hybridized carbons (Fsp3) is 0.286. The van der Waals surface area contributed by atoms with Gasteiger partial charge in [-0.25, -0.2) is 9.97 Å². The number of hydrogen-bond donors (Lipinski definition) is 1. The molecule has 0 spiro atoms. The Morgan fingerprint density at radius 1 is 1.34 bits per heavy atom.